The van der Waals surface area contributed by atoms with Gasteiger partial charge in [-0.25, -0.2) is 0 Å². The predicted octanol–water partition coefficient (Wildman–Crippen LogP) is 3.02. The third kappa shape index (κ3) is 3.54. The van der Waals surface area contributed by atoms with Crippen LogP contribution in [0.5, 0.6) is 0 Å². The SMILES string of the molecule is CCCC1CN(Cc2ccc(C)s2)C(C)CN1. The van der Waals surface area contributed by atoms with Crippen LogP contribution in [0.4, 0.5) is 0 Å². The number of nitrogens with zero attached hydrogens (tertiary/aromatic N) is 1. The molecule has 2 nitrogen and oxygen atoms in total. The summed E-state index contributed by atoms with van der Waals surface area (Å²) in [7, 11) is 0. The highest BCUT2D eigenvalue weighted by Crippen LogP contribution is 2.20. The minimum Gasteiger partial charge on any atom is -0.311 e. The van der Waals surface area contributed by atoms with Crippen molar-refractivity contribution in [2.45, 2.75) is 52.2 Å². The first-order valence-electron chi connectivity index (χ1n) is 6.71. The second kappa shape index (κ2) is 5.98. The number of nitrogens with one attached hydrogen (secondary N) is 1. The van der Waals surface area contributed by atoms with E-state index in [1.807, 2.05) is 11.3 Å². The van der Waals surface area contributed by atoms with Gasteiger partial charge in [0.05, 0.1) is 0 Å². The molecule has 2 heterocycles. The standard InChI is InChI=1S/C14H24N2S/c1-4-5-13-9-16(11(2)8-15-13)10-14-7-6-12(3)17-14/h6-7,11,13,15H,4-5,8-10H2,1-3H3. The Labute approximate surface area is 109 Å². The highest BCUT2D eigenvalue weighted by atomic mass is 32.1. The highest BCUT2D eigenvalue weighted by Gasteiger charge is 2.24. The molecule has 1 aromatic rings. The lowest BCUT2D eigenvalue weighted by atomic mass is 10.1. The molecule has 0 saturated carbocycles. The molecule has 2 atom stereocenters. The summed E-state index contributed by atoms with van der Waals surface area (Å²) in [5.74, 6) is 0. The van der Waals surface area contributed by atoms with Crippen molar-refractivity contribution in [2.75, 3.05) is 13.1 Å². The first kappa shape index (κ1) is 13.1. The highest BCUT2D eigenvalue weighted by molar-refractivity contribution is 7.11. The maximum absolute atomic E-state index is 3.65. The van der Waals surface area contributed by atoms with Crippen LogP contribution in [0.1, 0.15) is 36.4 Å². The van der Waals surface area contributed by atoms with Gasteiger partial charge >= 0.3 is 0 Å². The lowest BCUT2D eigenvalue weighted by Gasteiger charge is -2.38. The van der Waals surface area contributed by atoms with E-state index in [9.17, 15) is 0 Å². The molecule has 1 aromatic heterocycles. The van der Waals surface area contributed by atoms with Gasteiger partial charge in [-0.15, -0.1) is 11.3 Å². The van der Waals surface area contributed by atoms with E-state index in [4.69, 9.17) is 0 Å². The molecule has 1 aliphatic rings. The van der Waals surface area contributed by atoms with Gasteiger partial charge < -0.3 is 5.32 Å². The monoisotopic (exact) mass is 252 g/mol. The molecular weight excluding hydrogens is 228 g/mol. The Bertz CT molecular complexity index is 348. The van der Waals surface area contributed by atoms with E-state index in [1.54, 1.807) is 0 Å². The van der Waals surface area contributed by atoms with E-state index in [1.165, 1.54) is 29.1 Å². The van der Waals surface area contributed by atoms with Gasteiger partial charge in [0, 0.05) is 41.5 Å². The van der Waals surface area contributed by atoms with E-state index >= 15 is 0 Å². The van der Waals surface area contributed by atoms with Crippen LogP contribution in [0.15, 0.2) is 12.1 Å². The zero-order valence-corrected chi connectivity index (χ0v) is 12.0. The summed E-state index contributed by atoms with van der Waals surface area (Å²) in [4.78, 5) is 5.56. The molecule has 0 amide bonds. The van der Waals surface area contributed by atoms with Crippen LogP contribution in [0, 0.1) is 6.92 Å². The summed E-state index contributed by atoms with van der Waals surface area (Å²) in [5, 5.41) is 3.65. The number of hydrogen-bond acceptors (Lipinski definition) is 3. The Morgan fingerprint density at radius 1 is 1.47 bits per heavy atom. The first-order valence-corrected chi connectivity index (χ1v) is 7.53. The van der Waals surface area contributed by atoms with Crippen molar-refractivity contribution in [1.29, 1.82) is 0 Å². The smallest absolute Gasteiger partial charge is 0.0332 e. The molecule has 96 valence electrons. The number of piperazine rings is 1. The van der Waals surface area contributed by atoms with Gasteiger partial charge in [-0.05, 0) is 32.4 Å². The van der Waals surface area contributed by atoms with Crippen LogP contribution >= 0.6 is 11.3 Å². The van der Waals surface area contributed by atoms with E-state index in [0.717, 1.165) is 13.1 Å². The Balaban J connectivity index is 1.93. The molecule has 1 saturated heterocycles. The third-order valence-corrected chi connectivity index (χ3v) is 4.56. The molecule has 0 bridgehead atoms. The number of hydrogen-bond donors (Lipinski definition) is 1. The van der Waals surface area contributed by atoms with Gasteiger partial charge in [0.2, 0.25) is 0 Å². The number of thiophene rings is 1. The van der Waals surface area contributed by atoms with Gasteiger partial charge in [0.25, 0.3) is 0 Å². The van der Waals surface area contributed by atoms with Gasteiger partial charge in [-0.2, -0.15) is 0 Å². The van der Waals surface area contributed by atoms with Crippen LogP contribution in [-0.2, 0) is 6.54 Å². The van der Waals surface area contributed by atoms with Crippen LogP contribution in [-0.4, -0.2) is 30.1 Å². The Morgan fingerprint density at radius 3 is 2.94 bits per heavy atom. The lowest BCUT2D eigenvalue weighted by molar-refractivity contribution is 0.130. The number of rotatable bonds is 4. The molecule has 0 spiro atoms. The molecule has 1 aliphatic heterocycles. The summed E-state index contributed by atoms with van der Waals surface area (Å²) in [5.41, 5.74) is 0. The van der Waals surface area contributed by atoms with Crippen molar-refractivity contribution in [2.24, 2.45) is 0 Å². The third-order valence-electron chi connectivity index (χ3n) is 3.57. The van der Waals surface area contributed by atoms with Crippen molar-refractivity contribution in [3.8, 4) is 0 Å². The van der Waals surface area contributed by atoms with Crippen LogP contribution in [0.25, 0.3) is 0 Å². The second-order valence-corrected chi connectivity index (χ2v) is 6.56. The zero-order chi connectivity index (χ0) is 12.3. The molecule has 0 aromatic carbocycles. The maximum Gasteiger partial charge on any atom is 0.0332 e. The molecule has 0 aliphatic carbocycles. The second-order valence-electron chi connectivity index (χ2n) is 5.18. The summed E-state index contributed by atoms with van der Waals surface area (Å²) >= 11 is 1.94. The molecule has 0 radical (unpaired) electrons. The Kier molecular flexibility index (Phi) is 4.60. The zero-order valence-electron chi connectivity index (χ0n) is 11.2. The van der Waals surface area contributed by atoms with E-state index in [0.29, 0.717) is 12.1 Å². The average molecular weight is 252 g/mol. The van der Waals surface area contributed by atoms with Crippen molar-refractivity contribution in [3.63, 3.8) is 0 Å². The Hall–Kier alpha value is -0.380. The van der Waals surface area contributed by atoms with E-state index in [2.05, 4.69) is 43.1 Å². The minimum absolute atomic E-state index is 0.658. The fourth-order valence-corrected chi connectivity index (χ4v) is 3.44. The molecular formula is C14H24N2S. The lowest BCUT2D eigenvalue weighted by Crippen LogP contribution is -2.54. The number of aryl methyl sites for hydroxylation is 1. The van der Waals surface area contributed by atoms with Crippen molar-refractivity contribution in [3.05, 3.63) is 21.9 Å². The Morgan fingerprint density at radius 2 is 2.29 bits per heavy atom. The van der Waals surface area contributed by atoms with Gasteiger partial charge in [-0.1, -0.05) is 13.3 Å². The van der Waals surface area contributed by atoms with Gasteiger partial charge in [-0.3, -0.25) is 4.90 Å². The fraction of sp³-hybridized carbons (Fsp3) is 0.714. The molecule has 1 fully saturated rings. The summed E-state index contributed by atoms with van der Waals surface area (Å²) in [6.07, 6.45) is 2.57. The normalized spacial score (nSPS) is 26.3. The molecule has 17 heavy (non-hydrogen) atoms. The molecule has 1 N–H and O–H groups in total. The van der Waals surface area contributed by atoms with Gasteiger partial charge in [0.15, 0.2) is 0 Å². The quantitative estimate of drug-likeness (QED) is 0.886. The molecule has 3 heteroatoms. The molecule has 2 rings (SSSR count). The summed E-state index contributed by atoms with van der Waals surface area (Å²) in [6, 6.07) is 5.86. The van der Waals surface area contributed by atoms with Crippen LogP contribution in [0.3, 0.4) is 0 Å². The van der Waals surface area contributed by atoms with Crippen molar-refractivity contribution >= 4 is 11.3 Å². The van der Waals surface area contributed by atoms with Crippen LogP contribution < -0.4 is 5.32 Å². The van der Waals surface area contributed by atoms with Gasteiger partial charge in [0.1, 0.15) is 0 Å². The van der Waals surface area contributed by atoms with Crippen LogP contribution in [0.2, 0.25) is 0 Å². The first-order chi connectivity index (χ1) is 8.19. The van der Waals surface area contributed by atoms with E-state index in [-0.39, 0.29) is 0 Å². The van der Waals surface area contributed by atoms with E-state index < -0.39 is 0 Å². The van der Waals surface area contributed by atoms with Crippen molar-refractivity contribution < 1.29 is 0 Å². The minimum atomic E-state index is 0.658. The summed E-state index contributed by atoms with van der Waals surface area (Å²) in [6.45, 7) is 10.3. The fourth-order valence-electron chi connectivity index (χ4n) is 2.53. The predicted molar refractivity (Wildman–Crippen MR) is 75.6 cm³/mol. The molecule has 2 unspecified atom stereocenters. The summed E-state index contributed by atoms with van der Waals surface area (Å²) < 4.78 is 0. The van der Waals surface area contributed by atoms with Crippen molar-refractivity contribution in [1.82, 2.24) is 10.2 Å². The average Bonchev–Trinajstić information content (AvgIpc) is 2.69. The topological polar surface area (TPSA) is 15.3 Å². The maximum atomic E-state index is 3.65. The largest absolute Gasteiger partial charge is 0.311 e.